The molecule has 82 valence electrons. The lowest BCUT2D eigenvalue weighted by molar-refractivity contribution is -0.148. The van der Waals surface area contributed by atoms with Crippen molar-refractivity contribution in [3.05, 3.63) is 0 Å². The maximum atomic E-state index is 11.4. The lowest BCUT2D eigenvalue weighted by atomic mass is 9.66. The van der Waals surface area contributed by atoms with Crippen molar-refractivity contribution in [1.82, 2.24) is 0 Å². The molecule has 2 nitrogen and oxygen atoms in total. The Morgan fingerprint density at radius 2 is 2.14 bits per heavy atom. The van der Waals surface area contributed by atoms with Crippen molar-refractivity contribution in [3.63, 3.8) is 0 Å². The first-order valence-electron chi connectivity index (χ1n) is 5.15. The third-order valence-electron chi connectivity index (χ3n) is 3.46. The van der Waals surface area contributed by atoms with Gasteiger partial charge in [-0.05, 0) is 30.6 Å². The number of methoxy groups -OCH3 is 1. The number of hydrogen-bond donors (Lipinski definition) is 0. The number of rotatable bonds is 2. The Morgan fingerprint density at radius 1 is 1.50 bits per heavy atom. The van der Waals surface area contributed by atoms with Crippen molar-refractivity contribution in [1.29, 1.82) is 0 Å². The molecule has 1 aliphatic rings. The van der Waals surface area contributed by atoms with Crippen LogP contribution in [0.5, 0.6) is 0 Å². The van der Waals surface area contributed by atoms with E-state index in [-0.39, 0.29) is 17.3 Å². The predicted octanol–water partition coefficient (Wildman–Crippen LogP) is 3.04. The molecule has 0 amide bonds. The van der Waals surface area contributed by atoms with Crippen LogP contribution in [-0.2, 0) is 9.53 Å². The number of esters is 1. The zero-order valence-corrected chi connectivity index (χ0v) is 11.3. The van der Waals surface area contributed by atoms with Crippen LogP contribution in [0.25, 0.3) is 0 Å². The van der Waals surface area contributed by atoms with Crippen LogP contribution in [0.15, 0.2) is 0 Å². The number of alkyl halides is 1. The smallest absolute Gasteiger partial charge is 0.308 e. The Bertz CT molecular complexity index is 213. The first-order chi connectivity index (χ1) is 6.51. The molecule has 0 aliphatic heterocycles. The highest BCUT2D eigenvalue weighted by atomic mass is 127. The molecule has 1 fully saturated rings. The van der Waals surface area contributed by atoms with Gasteiger partial charge in [0.15, 0.2) is 0 Å². The summed E-state index contributed by atoms with van der Waals surface area (Å²) < 4.78 is 6.00. The summed E-state index contributed by atoms with van der Waals surface area (Å²) in [5, 5.41) is 0. The number of carbonyl (C=O) groups excluding carboxylic acids is 1. The molecule has 14 heavy (non-hydrogen) atoms. The molecule has 0 aromatic heterocycles. The van der Waals surface area contributed by atoms with Crippen LogP contribution in [0.1, 0.15) is 33.1 Å². The molecule has 1 rings (SSSR count). The van der Waals surface area contributed by atoms with Gasteiger partial charge in [-0.3, -0.25) is 4.79 Å². The van der Waals surface area contributed by atoms with E-state index in [1.165, 1.54) is 11.5 Å². The number of halogens is 1. The quantitative estimate of drug-likeness (QED) is 0.445. The summed E-state index contributed by atoms with van der Waals surface area (Å²) in [5.41, 5.74) is 0.290. The van der Waals surface area contributed by atoms with Crippen LogP contribution in [-0.4, -0.2) is 17.5 Å². The average molecular weight is 310 g/mol. The number of carbonyl (C=O) groups is 1. The summed E-state index contributed by atoms with van der Waals surface area (Å²) in [6.07, 6.45) is 3.15. The molecule has 2 atom stereocenters. The third kappa shape index (κ3) is 2.61. The van der Waals surface area contributed by atoms with Crippen LogP contribution in [0.2, 0.25) is 0 Å². The van der Waals surface area contributed by atoms with Gasteiger partial charge in [-0.15, -0.1) is 0 Å². The summed E-state index contributed by atoms with van der Waals surface area (Å²) >= 11 is 2.45. The molecule has 2 unspecified atom stereocenters. The Kier molecular flexibility index (Phi) is 4.22. The molecule has 0 aromatic carbocycles. The van der Waals surface area contributed by atoms with Crippen molar-refractivity contribution in [2.75, 3.05) is 11.5 Å². The van der Waals surface area contributed by atoms with E-state index in [0.717, 1.165) is 25.2 Å². The van der Waals surface area contributed by atoms with Crippen molar-refractivity contribution >= 4 is 28.6 Å². The van der Waals surface area contributed by atoms with Crippen LogP contribution >= 0.6 is 22.6 Å². The van der Waals surface area contributed by atoms with Crippen molar-refractivity contribution < 1.29 is 9.53 Å². The zero-order chi connectivity index (χ0) is 10.8. The topological polar surface area (TPSA) is 26.3 Å². The maximum absolute atomic E-state index is 11.4. The standard InChI is InChI=1S/C11H19IO2/c1-11(2)6-8(10(13)14-3)4-5-9(11)7-12/h8-9H,4-7H2,1-3H3. The summed E-state index contributed by atoms with van der Waals surface area (Å²) in [6.45, 7) is 4.54. The monoisotopic (exact) mass is 310 g/mol. The normalized spacial score (nSPS) is 31.1. The molecule has 1 aliphatic carbocycles. The summed E-state index contributed by atoms with van der Waals surface area (Å²) in [6, 6.07) is 0. The zero-order valence-electron chi connectivity index (χ0n) is 9.18. The van der Waals surface area contributed by atoms with Gasteiger partial charge >= 0.3 is 5.97 Å². The molecule has 0 N–H and O–H groups in total. The first-order valence-corrected chi connectivity index (χ1v) is 6.67. The summed E-state index contributed by atoms with van der Waals surface area (Å²) in [4.78, 5) is 11.4. The van der Waals surface area contributed by atoms with E-state index in [4.69, 9.17) is 4.74 Å². The van der Waals surface area contributed by atoms with Crippen molar-refractivity contribution in [2.24, 2.45) is 17.3 Å². The molecular formula is C11H19IO2. The minimum absolute atomic E-state index is 0.0232. The first kappa shape index (κ1) is 12.3. The van der Waals surface area contributed by atoms with Gasteiger partial charge in [0.05, 0.1) is 13.0 Å². The van der Waals surface area contributed by atoms with E-state index < -0.39 is 0 Å². The minimum atomic E-state index is -0.0232. The largest absolute Gasteiger partial charge is 0.469 e. The van der Waals surface area contributed by atoms with Gasteiger partial charge in [-0.25, -0.2) is 0 Å². The Balaban J connectivity index is 2.62. The fraction of sp³-hybridized carbons (Fsp3) is 0.909. The van der Waals surface area contributed by atoms with Gasteiger partial charge in [0.2, 0.25) is 0 Å². The maximum Gasteiger partial charge on any atom is 0.308 e. The second-order valence-corrected chi connectivity index (χ2v) is 5.72. The van der Waals surface area contributed by atoms with E-state index in [2.05, 4.69) is 36.4 Å². The van der Waals surface area contributed by atoms with Gasteiger partial charge in [0.25, 0.3) is 0 Å². The Hall–Kier alpha value is 0.200. The van der Waals surface area contributed by atoms with E-state index in [0.29, 0.717) is 0 Å². The second kappa shape index (κ2) is 4.81. The molecule has 1 saturated carbocycles. The highest BCUT2D eigenvalue weighted by molar-refractivity contribution is 14.1. The second-order valence-electron chi connectivity index (χ2n) is 4.84. The van der Waals surface area contributed by atoms with Crippen LogP contribution in [0, 0.1) is 17.3 Å². The predicted molar refractivity (Wildman–Crippen MR) is 65.5 cm³/mol. The van der Waals surface area contributed by atoms with Gasteiger partial charge in [-0.2, -0.15) is 0 Å². The Morgan fingerprint density at radius 3 is 2.57 bits per heavy atom. The van der Waals surface area contributed by atoms with E-state index in [1.54, 1.807) is 0 Å². The molecule has 0 spiro atoms. The van der Waals surface area contributed by atoms with Crippen LogP contribution in [0.4, 0.5) is 0 Å². The molecule has 0 radical (unpaired) electrons. The molecule has 0 heterocycles. The SMILES string of the molecule is COC(=O)C1CCC(CI)C(C)(C)C1. The summed E-state index contributed by atoms with van der Waals surface area (Å²) in [7, 11) is 1.49. The van der Waals surface area contributed by atoms with E-state index >= 15 is 0 Å². The lowest BCUT2D eigenvalue weighted by Gasteiger charge is -2.40. The van der Waals surface area contributed by atoms with E-state index in [9.17, 15) is 4.79 Å². The molecule has 0 aromatic rings. The molecule has 3 heteroatoms. The van der Waals surface area contributed by atoms with Gasteiger partial charge in [0, 0.05) is 4.43 Å². The summed E-state index contributed by atoms with van der Waals surface area (Å²) in [5.74, 6) is 0.864. The Labute approximate surface area is 99.9 Å². The van der Waals surface area contributed by atoms with Crippen molar-refractivity contribution in [2.45, 2.75) is 33.1 Å². The van der Waals surface area contributed by atoms with Crippen molar-refractivity contribution in [3.8, 4) is 0 Å². The fourth-order valence-electron chi connectivity index (χ4n) is 2.35. The van der Waals surface area contributed by atoms with Gasteiger partial charge in [0.1, 0.15) is 0 Å². The highest BCUT2D eigenvalue weighted by Gasteiger charge is 2.38. The van der Waals surface area contributed by atoms with Crippen LogP contribution < -0.4 is 0 Å². The number of ether oxygens (including phenoxy) is 1. The van der Waals surface area contributed by atoms with Gasteiger partial charge in [-0.1, -0.05) is 36.4 Å². The van der Waals surface area contributed by atoms with E-state index in [1.807, 2.05) is 0 Å². The highest BCUT2D eigenvalue weighted by Crippen LogP contribution is 2.44. The fourth-order valence-corrected chi connectivity index (χ4v) is 3.98. The third-order valence-corrected chi connectivity index (χ3v) is 4.53. The molecule has 0 bridgehead atoms. The van der Waals surface area contributed by atoms with Crippen LogP contribution in [0.3, 0.4) is 0 Å². The lowest BCUT2D eigenvalue weighted by Crippen LogP contribution is -2.36. The molecular weight excluding hydrogens is 291 g/mol. The minimum Gasteiger partial charge on any atom is -0.469 e. The molecule has 0 saturated heterocycles. The number of hydrogen-bond acceptors (Lipinski definition) is 2. The average Bonchev–Trinajstić information content (AvgIpc) is 2.15. The van der Waals surface area contributed by atoms with Gasteiger partial charge < -0.3 is 4.74 Å².